The van der Waals surface area contributed by atoms with Crippen molar-refractivity contribution in [1.29, 1.82) is 0 Å². The van der Waals surface area contributed by atoms with Gasteiger partial charge in [-0.15, -0.1) is 11.3 Å². The molecule has 0 aliphatic rings. The molecule has 0 bridgehead atoms. The van der Waals surface area contributed by atoms with Crippen LogP contribution >= 0.6 is 27.3 Å². The molecule has 2 heterocycles. The van der Waals surface area contributed by atoms with Crippen LogP contribution in [-0.2, 0) is 6.54 Å². The molecule has 106 valence electrons. The highest BCUT2D eigenvalue weighted by Gasteiger charge is 2.11. The highest BCUT2D eigenvalue weighted by Crippen LogP contribution is 2.22. The number of aromatic nitrogens is 1. The lowest BCUT2D eigenvalue weighted by atomic mass is 10.2. The smallest absolute Gasteiger partial charge is 0.255 e. The van der Waals surface area contributed by atoms with Crippen LogP contribution in [0.1, 0.15) is 28.6 Å². The topological polar surface area (TPSA) is 54.0 Å². The zero-order valence-electron chi connectivity index (χ0n) is 11.1. The Bertz CT molecular complexity index is 585. The summed E-state index contributed by atoms with van der Waals surface area (Å²) in [5, 5.41) is 6.09. The molecule has 20 heavy (non-hydrogen) atoms. The summed E-state index contributed by atoms with van der Waals surface area (Å²) in [4.78, 5) is 17.5. The monoisotopic (exact) mass is 353 g/mol. The van der Waals surface area contributed by atoms with E-state index in [0.29, 0.717) is 17.9 Å². The molecule has 2 aromatic heterocycles. The fourth-order valence-corrected chi connectivity index (χ4v) is 3.11. The molecular formula is C14H16BrN3OS. The van der Waals surface area contributed by atoms with E-state index in [-0.39, 0.29) is 5.91 Å². The Kier molecular flexibility index (Phi) is 5.55. The number of anilines is 1. The number of rotatable bonds is 6. The average Bonchev–Trinajstić information content (AvgIpc) is 2.88. The molecule has 1 amide bonds. The maximum absolute atomic E-state index is 12.2. The quantitative estimate of drug-likeness (QED) is 0.833. The Labute approximate surface area is 130 Å². The van der Waals surface area contributed by atoms with Crippen LogP contribution in [-0.4, -0.2) is 17.4 Å². The first-order chi connectivity index (χ1) is 9.70. The number of hydrogen-bond donors (Lipinski definition) is 2. The number of pyridine rings is 1. The molecule has 2 rings (SSSR count). The van der Waals surface area contributed by atoms with Gasteiger partial charge >= 0.3 is 0 Å². The maximum Gasteiger partial charge on any atom is 0.255 e. The molecule has 0 aliphatic heterocycles. The molecule has 6 heteroatoms. The van der Waals surface area contributed by atoms with E-state index in [2.05, 4.69) is 38.5 Å². The number of carbonyl (C=O) groups excluding carboxylic acids is 1. The zero-order valence-corrected chi connectivity index (χ0v) is 13.6. The van der Waals surface area contributed by atoms with Crippen molar-refractivity contribution in [3.63, 3.8) is 0 Å². The minimum Gasteiger partial charge on any atom is -0.369 e. The summed E-state index contributed by atoms with van der Waals surface area (Å²) in [7, 11) is 0. The summed E-state index contributed by atoms with van der Waals surface area (Å²) in [5.74, 6) is 0.528. The van der Waals surface area contributed by atoms with Gasteiger partial charge in [0.15, 0.2) is 0 Å². The van der Waals surface area contributed by atoms with Gasteiger partial charge in [0.1, 0.15) is 5.82 Å². The van der Waals surface area contributed by atoms with Crippen molar-refractivity contribution in [2.24, 2.45) is 0 Å². The molecule has 0 atom stereocenters. The van der Waals surface area contributed by atoms with E-state index in [1.54, 1.807) is 29.7 Å². The minimum absolute atomic E-state index is 0.110. The van der Waals surface area contributed by atoms with Crippen LogP contribution in [0.15, 0.2) is 34.2 Å². The Morgan fingerprint density at radius 1 is 1.40 bits per heavy atom. The summed E-state index contributed by atoms with van der Waals surface area (Å²) >= 11 is 5.02. The van der Waals surface area contributed by atoms with Gasteiger partial charge in [-0.3, -0.25) is 4.79 Å². The molecule has 0 radical (unpaired) electrons. The highest BCUT2D eigenvalue weighted by atomic mass is 79.9. The Hall–Kier alpha value is -1.40. The molecule has 0 aromatic carbocycles. The van der Waals surface area contributed by atoms with Crippen LogP contribution in [0.3, 0.4) is 0 Å². The zero-order chi connectivity index (χ0) is 14.4. The predicted octanol–water partition coefficient (Wildman–Crippen LogP) is 3.66. The maximum atomic E-state index is 12.2. The third kappa shape index (κ3) is 4.05. The van der Waals surface area contributed by atoms with Crippen LogP contribution in [0.25, 0.3) is 0 Å². The summed E-state index contributed by atoms with van der Waals surface area (Å²) in [5.41, 5.74) is 0.580. The number of amides is 1. The van der Waals surface area contributed by atoms with E-state index >= 15 is 0 Å². The second-order valence-corrected chi connectivity index (χ2v) is 6.76. The van der Waals surface area contributed by atoms with Crippen molar-refractivity contribution in [2.75, 3.05) is 11.9 Å². The predicted molar refractivity (Wildman–Crippen MR) is 86.2 cm³/mol. The Balaban J connectivity index is 2.01. The summed E-state index contributed by atoms with van der Waals surface area (Å²) in [6, 6.07) is 7.53. The van der Waals surface area contributed by atoms with E-state index in [0.717, 1.165) is 21.6 Å². The Morgan fingerprint density at radius 2 is 2.25 bits per heavy atom. The first kappa shape index (κ1) is 15.0. The molecule has 0 aliphatic carbocycles. The largest absolute Gasteiger partial charge is 0.369 e. The molecule has 0 saturated heterocycles. The lowest BCUT2D eigenvalue weighted by Crippen LogP contribution is -2.24. The van der Waals surface area contributed by atoms with Gasteiger partial charge in [0.2, 0.25) is 0 Å². The first-order valence-corrected chi connectivity index (χ1v) is 8.03. The van der Waals surface area contributed by atoms with E-state index in [9.17, 15) is 4.79 Å². The fraction of sp³-hybridized carbons (Fsp3) is 0.286. The normalized spacial score (nSPS) is 10.3. The van der Waals surface area contributed by atoms with Crippen LogP contribution in [0.5, 0.6) is 0 Å². The number of hydrogen-bond acceptors (Lipinski definition) is 4. The van der Waals surface area contributed by atoms with Crippen LogP contribution in [0.4, 0.5) is 5.82 Å². The highest BCUT2D eigenvalue weighted by molar-refractivity contribution is 9.11. The van der Waals surface area contributed by atoms with Gasteiger partial charge in [-0.25, -0.2) is 4.98 Å². The van der Waals surface area contributed by atoms with Crippen molar-refractivity contribution < 1.29 is 4.79 Å². The van der Waals surface area contributed by atoms with E-state index in [4.69, 9.17) is 0 Å². The molecule has 0 spiro atoms. The van der Waals surface area contributed by atoms with Gasteiger partial charge in [0.25, 0.3) is 5.91 Å². The molecule has 4 nitrogen and oxygen atoms in total. The first-order valence-electron chi connectivity index (χ1n) is 6.42. The standard InChI is InChI=1S/C14H16BrN3OS/c1-2-7-16-13-11(4-3-8-17-13)14(19)18-9-10-5-6-12(15)20-10/h3-6,8H,2,7,9H2,1H3,(H,16,17)(H,18,19). The summed E-state index contributed by atoms with van der Waals surface area (Å²) in [6.45, 7) is 3.40. The van der Waals surface area contributed by atoms with Gasteiger partial charge in [-0.1, -0.05) is 6.92 Å². The van der Waals surface area contributed by atoms with Gasteiger partial charge in [0.05, 0.1) is 15.9 Å². The molecule has 0 saturated carbocycles. The minimum atomic E-state index is -0.110. The number of nitrogens with one attached hydrogen (secondary N) is 2. The van der Waals surface area contributed by atoms with Crippen molar-refractivity contribution in [3.8, 4) is 0 Å². The third-order valence-electron chi connectivity index (χ3n) is 2.65. The number of nitrogens with zero attached hydrogens (tertiary/aromatic N) is 1. The van der Waals surface area contributed by atoms with Crippen molar-refractivity contribution in [2.45, 2.75) is 19.9 Å². The van der Waals surface area contributed by atoms with E-state index in [1.165, 1.54) is 0 Å². The van der Waals surface area contributed by atoms with Crippen LogP contribution in [0, 0.1) is 0 Å². The average molecular weight is 354 g/mol. The van der Waals surface area contributed by atoms with Gasteiger partial charge in [-0.2, -0.15) is 0 Å². The second kappa shape index (κ2) is 7.40. The molecular weight excluding hydrogens is 338 g/mol. The van der Waals surface area contributed by atoms with E-state index < -0.39 is 0 Å². The second-order valence-electron chi connectivity index (χ2n) is 4.21. The van der Waals surface area contributed by atoms with Gasteiger partial charge < -0.3 is 10.6 Å². The fourth-order valence-electron chi connectivity index (χ4n) is 1.68. The molecule has 2 N–H and O–H groups in total. The molecule has 0 unspecified atom stereocenters. The number of carbonyl (C=O) groups is 1. The molecule has 0 fully saturated rings. The number of halogens is 1. The Morgan fingerprint density at radius 3 is 2.95 bits per heavy atom. The van der Waals surface area contributed by atoms with Crippen molar-refractivity contribution in [3.05, 3.63) is 44.7 Å². The van der Waals surface area contributed by atoms with E-state index in [1.807, 2.05) is 12.1 Å². The number of thiophene rings is 1. The molecule has 2 aromatic rings. The third-order valence-corrected chi connectivity index (χ3v) is 4.27. The van der Waals surface area contributed by atoms with Crippen molar-refractivity contribution >= 4 is 39.0 Å². The van der Waals surface area contributed by atoms with Gasteiger partial charge in [-0.05, 0) is 46.6 Å². The van der Waals surface area contributed by atoms with Crippen LogP contribution in [0.2, 0.25) is 0 Å². The van der Waals surface area contributed by atoms with Crippen LogP contribution < -0.4 is 10.6 Å². The summed E-state index contributed by atoms with van der Waals surface area (Å²) < 4.78 is 1.06. The SMILES string of the molecule is CCCNc1ncccc1C(=O)NCc1ccc(Br)s1. The van der Waals surface area contributed by atoms with Gasteiger partial charge in [0, 0.05) is 17.6 Å². The lowest BCUT2D eigenvalue weighted by Gasteiger charge is -2.10. The summed E-state index contributed by atoms with van der Waals surface area (Å²) in [6.07, 6.45) is 2.67. The lowest BCUT2D eigenvalue weighted by molar-refractivity contribution is 0.0952. The van der Waals surface area contributed by atoms with Crippen molar-refractivity contribution in [1.82, 2.24) is 10.3 Å².